The van der Waals surface area contributed by atoms with Gasteiger partial charge in [0.05, 0.1) is 5.56 Å². The Balaban J connectivity index is 3.03. The van der Waals surface area contributed by atoms with E-state index in [1.54, 1.807) is 0 Å². The lowest BCUT2D eigenvalue weighted by molar-refractivity contribution is -0.138. The molecular formula is C12H13F3N2O2. The molecule has 0 unspecified atom stereocenters. The summed E-state index contributed by atoms with van der Waals surface area (Å²) in [7, 11) is 0. The first-order valence-corrected chi connectivity index (χ1v) is 5.43. The first-order valence-electron chi connectivity index (χ1n) is 5.43. The van der Waals surface area contributed by atoms with E-state index < -0.39 is 29.6 Å². The minimum absolute atomic E-state index is 0.0902. The van der Waals surface area contributed by atoms with Crippen LogP contribution in [0.1, 0.15) is 18.1 Å². The summed E-state index contributed by atoms with van der Waals surface area (Å²) in [5.41, 5.74) is 4.13. The normalized spacial score (nSPS) is 12.8. The van der Waals surface area contributed by atoms with E-state index in [4.69, 9.17) is 5.73 Å². The zero-order chi connectivity index (χ0) is 14.6. The molecule has 0 bridgehead atoms. The van der Waals surface area contributed by atoms with Gasteiger partial charge in [0.1, 0.15) is 6.04 Å². The molecule has 0 spiro atoms. The number of nitrogens with two attached hydrogens (primary N) is 1. The summed E-state index contributed by atoms with van der Waals surface area (Å²) in [5, 5.41) is 2.23. The highest BCUT2D eigenvalue weighted by Gasteiger charge is 2.33. The van der Waals surface area contributed by atoms with Crippen LogP contribution in [0.25, 0.3) is 0 Å². The molecule has 0 fully saturated rings. The molecule has 19 heavy (non-hydrogen) atoms. The topological polar surface area (TPSA) is 72.2 Å². The van der Waals surface area contributed by atoms with Gasteiger partial charge >= 0.3 is 6.18 Å². The van der Waals surface area contributed by atoms with Crippen molar-refractivity contribution in [3.63, 3.8) is 0 Å². The van der Waals surface area contributed by atoms with Crippen LogP contribution in [-0.2, 0) is 22.2 Å². The molecule has 3 N–H and O–H groups in total. The van der Waals surface area contributed by atoms with Gasteiger partial charge in [0.15, 0.2) is 0 Å². The third-order valence-corrected chi connectivity index (χ3v) is 2.47. The lowest BCUT2D eigenvalue weighted by Gasteiger charge is -2.17. The summed E-state index contributed by atoms with van der Waals surface area (Å²) >= 11 is 0. The summed E-state index contributed by atoms with van der Waals surface area (Å²) in [6.45, 7) is 1.16. The summed E-state index contributed by atoms with van der Waals surface area (Å²) in [4.78, 5) is 22.0. The SMILES string of the molecule is CC(=O)N[C@H](Cc1ccccc1C(F)(F)F)C(N)=O. The van der Waals surface area contributed by atoms with Crippen LogP contribution in [0.5, 0.6) is 0 Å². The molecule has 0 aromatic heterocycles. The van der Waals surface area contributed by atoms with Crippen molar-refractivity contribution in [1.82, 2.24) is 5.32 Å². The number of rotatable bonds is 4. The van der Waals surface area contributed by atoms with Crippen molar-refractivity contribution in [2.75, 3.05) is 0 Å². The second kappa shape index (κ2) is 5.73. The van der Waals surface area contributed by atoms with E-state index in [1.165, 1.54) is 18.2 Å². The van der Waals surface area contributed by atoms with Crippen LogP contribution in [0.2, 0.25) is 0 Å². The molecule has 1 atom stereocenters. The van der Waals surface area contributed by atoms with Crippen LogP contribution < -0.4 is 11.1 Å². The molecule has 0 aliphatic rings. The Morgan fingerprint density at radius 3 is 2.37 bits per heavy atom. The number of nitrogens with one attached hydrogen (secondary N) is 1. The maximum absolute atomic E-state index is 12.8. The highest BCUT2D eigenvalue weighted by molar-refractivity contribution is 5.85. The fraction of sp³-hybridized carbons (Fsp3) is 0.333. The van der Waals surface area contributed by atoms with E-state index in [-0.39, 0.29) is 12.0 Å². The Morgan fingerprint density at radius 2 is 1.89 bits per heavy atom. The molecule has 0 heterocycles. The van der Waals surface area contributed by atoms with Gasteiger partial charge in [-0.15, -0.1) is 0 Å². The number of hydrogen-bond acceptors (Lipinski definition) is 2. The highest BCUT2D eigenvalue weighted by Crippen LogP contribution is 2.32. The Labute approximate surface area is 107 Å². The van der Waals surface area contributed by atoms with E-state index >= 15 is 0 Å². The number of primary amides is 1. The number of carbonyl (C=O) groups excluding carboxylic acids is 2. The van der Waals surface area contributed by atoms with Crippen LogP contribution in [0.4, 0.5) is 13.2 Å². The predicted octanol–water partition coefficient (Wildman–Crippen LogP) is 1.24. The first-order chi connectivity index (χ1) is 8.71. The first kappa shape index (κ1) is 15.0. The van der Waals surface area contributed by atoms with Gasteiger partial charge in [0.2, 0.25) is 11.8 Å². The predicted molar refractivity (Wildman–Crippen MR) is 61.9 cm³/mol. The van der Waals surface area contributed by atoms with Gasteiger partial charge in [-0.25, -0.2) is 0 Å². The molecule has 7 heteroatoms. The molecule has 0 saturated heterocycles. The maximum Gasteiger partial charge on any atom is 0.416 e. The van der Waals surface area contributed by atoms with Crippen molar-refractivity contribution in [3.05, 3.63) is 35.4 Å². The van der Waals surface area contributed by atoms with Crippen molar-refractivity contribution in [2.45, 2.75) is 25.6 Å². The number of halogens is 3. The van der Waals surface area contributed by atoms with Crippen molar-refractivity contribution in [1.29, 1.82) is 0 Å². The smallest absolute Gasteiger partial charge is 0.368 e. The van der Waals surface area contributed by atoms with Crippen molar-refractivity contribution >= 4 is 11.8 Å². The Kier molecular flexibility index (Phi) is 4.52. The van der Waals surface area contributed by atoms with E-state index in [2.05, 4.69) is 5.32 Å². The average Bonchev–Trinajstić information content (AvgIpc) is 2.26. The molecular weight excluding hydrogens is 261 g/mol. The van der Waals surface area contributed by atoms with Gasteiger partial charge < -0.3 is 11.1 Å². The lowest BCUT2D eigenvalue weighted by Crippen LogP contribution is -2.45. The van der Waals surface area contributed by atoms with Crippen LogP contribution in [0.15, 0.2) is 24.3 Å². The highest BCUT2D eigenvalue weighted by atomic mass is 19.4. The molecule has 0 saturated carbocycles. The Hall–Kier alpha value is -2.05. The van der Waals surface area contributed by atoms with Crippen LogP contribution in [-0.4, -0.2) is 17.9 Å². The van der Waals surface area contributed by atoms with Gasteiger partial charge in [-0.3, -0.25) is 9.59 Å². The largest absolute Gasteiger partial charge is 0.416 e. The van der Waals surface area contributed by atoms with Gasteiger partial charge in [0, 0.05) is 13.3 Å². The molecule has 1 aromatic carbocycles. The zero-order valence-corrected chi connectivity index (χ0v) is 10.1. The zero-order valence-electron chi connectivity index (χ0n) is 10.1. The van der Waals surface area contributed by atoms with Crippen LogP contribution in [0.3, 0.4) is 0 Å². The van der Waals surface area contributed by atoms with Crippen LogP contribution >= 0.6 is 0 Å². The summed E-state index contributed by atoms with van der Waals surface area (Å²) < 4.78 is 38.3. The van der Waals surface area contributed by atoms with Crippen molar-refractivity contribution in [3.8, 4) is 0 Å². The number of carbonyl (C=O) groups is 2. The van der Waals surface area contributed by atoms with E-state index in [1.807, 2.05) is 0 Å². The lowest BCUT2D eigenvalue weighted by atomic mass is 9.99. The minimum atomic E-state index is -4.52. The third kappa shape index (κ3) is 4.27. The van der Waals surface area contributed by atoms with Gasteiger partial charge in [-0.1, -0.05) is 18.2 Å². The Bertz CT molecular complexity index is 486. The fourth-order valence-electron chi connectivity index (χ4n) is 1.66. The number of hydrogen-bond donors (Lipinski definition) is 2. The number of amides is 2. The van der Waals surface area contributed by atoms with Crippen molar-refractivity contribution in [2.24, 2.45) is 5.73 Å². The molecule has 4 nitrogen and oxygen atoms in total. The average molecular weight is 274 g/mol. The van der Waals surface area contributed by atoms with E-state index in [0.29, 0.717) is 0 Å². The summed E-state index contributed by atoms with van der Waals surface area (Å²) in [5.74, 6) is -1.42. The summed E-state index contributed by atoms with van der Waals surface area (Å²) in [6.07, 6.45) is -4.82. The third-order valence-electron chi connectivity index (χ3n) is 2.47. The van der Waals surface area contributed by atoms with Gasteiger partial charge in [-0.05, 0) is 11.6 Å². The quantitative estimate of drug-likeness (QED) is 0.867. The minimum Gasteiger partial charge on any atom is -0.368 e. The van der Waals surface area contributed by atoms with E-state index in [9.17, 15) is 22.8 Å². The standard InChI is InChI=1S/C12H13F3N2O2/c1-7(18)17-10(11(16)19)6-8-4-2-3-5-9(8)12(13,14)15/h2-5,10H,6H2,1H3,(H2,16,19)(H,17,18)/t10-/m1/s1. The molecule has 0 radical (unpaired) electrons. The molecule has 0 aliphatic carbocycles. The Morgan fingerprint density at radius 1 is 1.32 bits per heavy atom. The van der Waals surface area contributed by atoms with E-state index in [0.717, 1.165) is 13.0 Å². The van der Waals surface area contributed by atoms with Crippen LogP contribution in [0, 0.1) is 0 Å². The molecule has 104 valence electrons. The second-order valence-electron chi connectivity index (χ2n) is 4.01. The van der Waals surface area contributed by atoms with Gasteiger partial charge in [-0.2, -0.15) is 13.2 Å². The number of alkyl halides is 3. The molecule has 1 aromatic rings. The van der Waals surface area contributed by atoms with Crippen molar-refractivity contribution < 1.29 is 22.8 Å². The summed E-state index contributed by atoms with van der Waals surface area (Å²) in [6, 6.07) is 3.68. The molecule has 1 rings (SSSR count). The fourth-order valence-corrected chi connectivity index (χ4v) is 1.66. The molecule has 2 amide bonds. The monoisotopic (exact) mass is 274 g/mol. The number of benzene rings is 1. The van der Waals surface area contributed by atoms with Gasteiger partial charge in [0.25, 0.3) is 0 Å². The molecule has 0 aliphatic heterocycles. The maximum atomic E-state index is 12.8. The second-order valence-corrected chi connectivity index (χ2v) is 4.01.